The summed E-state index contributed by atoms with van der Waals surface area (Å²) < 4.78 is 5.26. The minimum atomic E-state index is -0.130. The molecule has 6 nitrogen and oxygen atoms in total. The van der Waals surface area contributed by atoms with Gasteiger partial charge in [0.2, 0.25) is 0 Å². The van der Waals surface area contributed by atoms with Gasteiger partial charge in [-0.25, -0.2) is 0 Å². The predicted octanol–water partition coefficient (Wildman–Crippen LogP) is 1.31. The number of ether oxygens (including phenoxy) is 1. The smallest absolute Gasteiger partial charge is 0.251 e. The average molecular weight is 341 g/mol. The molecule has 6 heteroatoms. The van der Waals surface area contributed by atoms with Crippen LogP contribution in [0.15, 0.2) is 48.8 Å². The molecule has 1 aliphatic heterocycles. The highest BCUT2D eigenvalue weighted by Gasteiger charge is 2.33. The van der Waals surface area contributed by atoms with Gasteiger partial charge in [0.1, 0.15) is 5.75 Å². The van der Waals surface area contributed by atoms with E-state index in [1.807, 2.05) is 18.2 Å². The molecule has 0 unspecified atom stereocenters. The zero-order valence-corrected chi connectivity index (χ0v) is 14.3. The number of carbonyl (C=O) groups is 1. The van der Waals surface area contributed by atoms with Crippen LogP contribution in [0.25, 0.3) is 0 Å². The Morgan fingerprint density at radius 1 is 1.32 bits per heavy atom. The lowest BCUT2D eigenvalue weighted by molar-refractivity contribution is 0.0921. The molecule has 0 spiro atoms. The number of hydrogen-bond acceptors (Lipinski definition) is 5. The Morgan fingerprint density at radius 3 is 2.84 bits per heavy atom. The van der Waals surface area contributed by atoms with Crippen LogP contribution in [-0.2, 0) is 6.54 Å². The van der Waals surface area contributed by atoms with Crippen molar-refractivity contribution < 1.29 is 14.6 Å². The molecule has 1 aromatic heterocycles. The Labute approximate surface area is 147 Å². The zero-order valence-electron chi connectivity index (χ0n) is 14.3. The lowest BCUT2D eigenvalue weighted by Crippen LogP contribution is -2.41. The minimum absolute atomic E-state index is 0.0244. The van der Waals surface area contributed by atoms with Crippen molar-refractivity contribution in [3.05, 3.63) is 59.9 Å². The maximum atomic E-state index is 12.4. The van der Waals surface area contributed by atoms with E-state index in [-0.39, 0.29) is 24.5 Å². The molecule has 25 heavy (non-hydrogen) atoms. The highest BCUT2D eigenvalue weighted by Crippen LogP contribution is 2.21. The van der Waals surface area contributed by atoms with Crippen LogP contribution in [0.2, 0.25) is 0 Å². The van der Waals surface area contributed by atoms with Crippen molar-refractivity contribution >= 4 is 5.91 Å². The van der Waals surface area contributed by atoms with Crippen molar-refractivity contribution in [2.45, 2.75) is 12.6 Å². The fourth-order valence-electron chi connectivity index (χ4n) is 3.22. The van der Waals surface area contributed by atoms with Crippen molar-refractivity contribution in [2.24, 2.45) is 5.92 Å². The molecule has 3 rings (SSSR count). The summed E-state index contributed by atoms with van der Waals surface area (Å²) in [6.07, 6.45) is 3.20. The number of hydrogen-bond donors (Lipinski definition) is 2. The molecule has 2 atom stereocenters. The molecule has 0 aliphatic carbocycles. The van der Waals surface area contributed by atoms with Crippen molar-refractivity contribution in [3.8, 4) is 5.75 Å². The number of methoxy groups -OCH3 is 1. The van der Waals surface area contributed by atoms with Crippen LogP contribution in [-0.4, -0.2) is 53.7 Å². The number of rotatable bonds is 6. The summed E-state index contributed by atoms with van der Waals surface area (Å²) in [5, 5.41) is 12.7. The van der Waals surface area contributed by atoms with Crippen LogP contribution in [0.1, 0.15) is 15.9 Å². The SMILES string of the molecule is COc1cccc(CN2C[C@@H](CO)[C@H](NC(=O)c3ccncc3)C2)c1. The summed E-state index contributed by atoms with van der Waals surface area (Å²) in [6, 6.07) is 11.3. The van der Waals surface area contributed by atoms with E-state index in [4.69, 9.17) is 4.74 Å². The number of amides is 1. The monoisotopic (exact) mass is 341 g/mol. The Hall–Kier alpha value is -2.44. The molecule has 1 fully saturated rings. The second-order valence-corrected chi connectivity index (χ2v) is 6.30. The summed E-state index contributed by atoms with van der Waals surface area (Å²) >= 11 is 0. The number of benzene rings is 1. The van der Waals surface area contributed by atoms with Crippen molar-refractivity contribution in [3.63, 3.8) is 0 Å². The Balaban J connectivity index is 1.63. The van der Waals surface area contributed by atoms with E-state index in [0.29, 0.717) is 12.1 Å². The topological polar surface area (TPSA) is 74.7 Å². The molecule has 1 aliphatic rings. The standard InChI is InChI=1S/C19H23N3O3/c1-25-17-4-2-3-14(9-17)10-22-11-16(13-23)18(12-22)21-19(24)15-5-7-20-8-6-15/h2-9,16,18,23H,10-13H2,1H3,(H,21,24)/t16-,18+/m0/s1. The lowest BCUT2D eigenvalue weighted by atomic mass is 10.0. The summed E-state index contributed by atoms with van der Waals surface area (Å²) in [4.78, 5) is 18.5. The summed E-state index contributed by atoms with van der Waals surface area (Å²) in [5.41, 5.74) is 1.73. The Bertz CT molecular complexity index is 708. The maximum absolute atomic E-state index is 12.4. The van der Waals surface area contributed by atoms with Gasteiger partial charge >= 0.3 is 0 Å². The number of aliphatic hydroxyl groups excluding tert-OH is 1. The first-order valence-electron chi connectivity index (χ1n) is 8.36. The average Bonchev–Trinajstić information content (AvgIpc) is 3.03. The zero-order chi connectivity index (χ0) is 17.6. The molecular weight excluding hydrogens is 318 g/mol. The van der Waals surface area contributed by atoms with E-state index in [1.54, 1.807) is 31.6 Å². The molecule has 2 N–H and O–H groups in total. The van der Waals surface area contributed by atoms with Gasteiger partial charge in [-0.05, 0) is 29.8 Å². The normalized spacial score (nSPS) is 20.4. The van der Waals surface area contributed by atoms with Crippen LogP contribution >= 0.6 is 0 Å². The Kier molecular flexibility index (Phi) is 5.63. The first-order chi connectivity index (χ1) is 12.2. The predicted molar refractivity (Wildman–Crippen MR) is 94.3 cm³/mol. The minimum Gasteiger partial charge on any atom is -0.497 e. The molecule has 1 amide bonds. The van der Waals surface area contributed by atoms with Crippen LogP contribution in [0.5, 0.6) is 5.75 Å². The first kappa shape index (κ1) is 17.4. The van der Waals surface area contributed by atoms with Gasteiger partial charge in [0.15, 0.2) is 0 Å². The summed E-state index contributed by atoms with van der Waals surface area (Å²) in [7, 11) is 1.65. The number of aliphatic hydroxyl groups is 1. The first-order valence-corrected chi connectivity index (χ1v) is 8.36. The third-order valence-electron chi connectivity index (χ3n) is 4.55. The maximum Gasteiger partial charge on any atom is 0.251 e. The number of carbonyl (C=O) groups excluding carboxylic acids is 1. The van der Waals surface area contributed by atoms with Gasteiger partial charge < -0.3 is 15.2 Å². The molecule has 2 aromatic rings. The molecular formula is C19H23N3O3. The van der Waals surface area contributed by atoms with Crippen molar-refractivity contribution in [2.75, 3.05) is 26.8 Å². The van der Waals surface area contributed by atoms with Crippen molar-refractivity contribution in [1.29, 1.82) is 0 Å². The number of nitrogens with zero attached hydrogens (tertiary/aromatic N) is 2. The Morgan fingerprint density at radius 2 is 2.12 bits per heavy atom. The van der Waals surface area contributed by atoms with E-state index < -0.39 is 0 Å². The van der Waals surface area contributed by atoms with E-state index >= 15 is 0 Å². The molecule has 0 bridgehead atoms. The fourth-order valence-corrected chi connectivity index (χ4v) is 3.22. The number of aromatic nitrogens is 1. The molecule has 0 radical (unpaired) electrons. The van der Waals surface area contributed by atoms with Gasteiger partial charge in [-0.1, -0.05) is 12.1 Å². The fraction of sp³-hybridized carbons (Fsp3) is 0.368. The van der Waals surface area contributed by atoms with E-state index in [2.05, 4.69) is 21.3 Å². The largest absolute Gasteiger partial charge is 0.497 e. The summed E-state index contributed by atoms with van der Waals surface area (Å²) in [5.74, 6) is 0.725. The van der Waals surface area contributed by atoms with Crippen molar-refractivity contribution in [1.82, 2.24) is 15.2 Å². The van der Waals surface area contributed by atoms with E-state index in [1.165, 1.54) is 0 Å². The van der Waals surface area contributed by atoms with Gasteiger partial charge in [-0.15, -0.1) is 0 Å². The number of pyridine rings is 1. The lowest BCUT2D eigenvalue weighted by Gasteiger charge is -2.18. The second-order valence-electron chi connectivity index (χ2n) is 6.30. The quantitative estimate of drug-likeness (QED) is 0.829. The number of nitrogens with one attached hydrogen (secondary N) is 1. The van der Waals surface area contributed by atoms with Crippen LogP contribution in [0.3, 0.4) is 0 Å². The number of likely N-dealkylation sites (tertiary alicyclic amines) is 1. The van der Waals surface area contributed by atoms with E-state index in [0.717, 1.165) is 24.4 Å². The molecule has 132 valence electrons. The van der Waals surface area contributed by atoms with Gasteiger partial charge in [0, 0.05) is 56.2 Å². The second kappa shape index (κ2) is 8.09. The third kappa shape index (κ3) is 4.35. The highest BCUT2D eigenvalue weighted by molar-refractivity contribution is 5.94. The molecule has 1 saturated heterocycles. The third-order valence-corrected chi connectivity index (χ3v) is 4.55. The molecule has 1 aromatic carbocycles. The van der Waals surface area contributed by atoms with Crippen LogP contribution < -0.4 is 10.1 Å². The van der Waals surface area contributed by atoms with Gasteiger partial charge in [0.25, 0.3) is 5.91 Å². The van der Waals surface area contributed by atoms with Gasteiger partial charge in [0.05, 0.1) is 7.11 Å². The summed E-state index contributed by atoms with van der Waals surface area (Å²) in [6.45, 7) is 2.26. The van der Waals surface area contributed by atoms with Crippen LogP contribution in [0, 0.1) is 5.92 Å². The van der Waals surface area contributed by atoms with E-state index in [9.17, 15) is 9.90 Å². The van der Waals surface area contributed by atoms with Gasteiger partial charge in [-0.2, -0.15) is 0 Å². The molecule has 2 heterocycles. The van der Waals surface area contributed by atoms with Crippen LogP contribution in [0.4, 0.5) is 0 Å². The molecule has 0 saturated carbocycles. The van der Waals surface area contributed by atoms with Gasteiger partial charge in [-0.3, -0.25) is 14.7 Å². The highest BCUT2D eigenvalue weighted by atomic mass is 16.5.